The van der Waals surface area contributed by atoms with Crippen LogP contribution in [0.25, 0.3) is 0 Å². The third kappa shape index (κ3) is 3.59. The van der Waals surface area contributed by atoms with E-state index in [1.807, 2.05) is 13.0 Å². The van der Waals surface area contributed by atoms with E-state index in [0.717, 1.165) is 25.7 Å². The Bertz CT molecular complexity index is 663. The summed E-state index contributed by atoms with van der Waals surface area (Å²) in [6, 6.07) is 9.12. The zero-order chi connectivity index (χ0) is 17.3. The van der Waals surface area contributed by atoms with Gasteiger partial charge in [0, 0.05) is 17.6 Å². The minimum atomic E-state index is -0.784. The molecule has 24 heavy (non-hydrogen) atoms. The van der Waals surface area contributed by atoms with Crippen molar-refractivity contribution >= 4 is 5.91 Å². The summed E-state index contributed by atoms with van der Waals surface area (Å²) in [6.45, 7) is 3.93. The summed E-state index contributed by atoms with van der Waals surface area (Å²) in [7, 11) is 0. The van der Waals surface area contributed by atoms with Gasteiger partial charge in [-0.25, -0.2) is 4.39 Å². The van der Waals surface area contributed by atoms with Crippen molar-refractivity contribution in [2.75, 3.05) is 6.54 Å². The predicted octanol–water partition coefficient (Wildman–Crippen LogP) is 3.16. The van der Waals surface area contributed by atoms with E-state index in [-0.39, 0.29) is 30.2 Å². The third-order valence-corrected chi connectivity index (χ3v) is 5.22. The molecule has 2 saturated carbocycles. The number of nitrogens with zero attached hydrogens (tertiary/aromatic N) is 2. The highest BCUT2D eigenvalue weighted by molar-refractivity contribution is 5.79. The average molecular weight is 329 g/mol. The van der Waals surface area contributed by atoms with Crippen LogP contribution in [0, 0.1) is 23.1 Å². The van der Waals surface area contributed by atoms with Crippen LogP contribution in [0.4, 0.5) is 4.39 Å². The SMILES string of the molecule is C[C@@H](c1ccccc1F)N(CC(=O)N[C@@](C)(C#N)C1CC1)C1CC1. The van der Waals surface area contributed by atoms with Crippen molar-refractivity contribution in [1.29, 1.82) is 5.26 Å². The molecule has 1 aromatic carbocycles. The normalized spacial score (nSPS) is 21.0. The molecule has 2 fully saturated rings. The van der Waals surface area contributed by atoms with E-state index in [9.17, 15) is 14.4 Å². The van der Waals surface area contributed by atoms with Gasteiger partial charge in [-0.3, -0.25) is 9.69 Å². The smallest absolute Gasteiger partial charge is 0.235 e. The van der Waals surface area contributed by atoms with Gasteiger partial charge in [0.05, 0.1) is 12.6 Å². The van der Waals surface area contributed by atoms with E-state index < -0.39 is 5.54 Å². The molecule has 5 heteroatoms. The molecule has 3 rings (SSSR count). The highest BCUT2D eigenvalue weighted by Crippen LogP contribution is 2.39. The van der Waals surface area contributed by atoms with Crippen LogP contribution in [0.1, 0.15) is 51.1 Å². The second-order valence-corrected chi connectivity index (χ2v) is 7.24. The Kier molecular flexibility index (Phi) is 4.60. The van der Waals surface area contributed by atoms with Crippen LogP contribution < -0.4 is 5.32 Å². The van der Waals surface area contributed by atoms with Gasteiger partial charge in [-0.2, -0.15) is 5.26 Å². The van der Waals surface area contributed by atoms with Crippen molar-refractivity contribution < 1.29 is 9.18 Å². The minimum absolute atomic E-state index is 0.152. The maximum absolute atomic E-state index is 14.1. The first-order valence-corrected chi connectivity index (χ1v) is 8.67. The standard InChI is InChI=1S/C19H24FN3O/c1-13(16-5-3-4-6-17(16)20)23(15-9-10-15)11-18(24)22-19(2,12-21)14-7-8-14/h3-6,13-15H,7-11H2,1-2H3,(H,22,24)/t13-,19-/m0/s1. The summed E-state index contributed by atoms with van der Waals surface area (Å²) in [5.41, 5.74) is -0.171. The molecule has 0 heterocycles. The number of hydrogen-bond acceptors (Lipinski definition) is 3. The number of carbonyl (C=O) groups excluding carboxylic acids is 1. The van der Waals surface area contributed by atoms with Gasteiger partial charge in [0.25, 0.3) is 0 Å². The number of amides is 1. The molecular formula is C19H24FN3O. The molecule has 1 amide bonds. The zero-order valence-electron chi connectivity index (χ0n) is 14.3. The highest BCUT2D eigenvalue weighted by Gasteiger charge is 2.44. The lowest BCUT2D eigenvalue weighted by atomic mass is 9.98. The quantitative estimate of drug-likeness (QED) is 0.836. The Morgan fingerprint density at radius 1 is 1.42 bits per heavy atom. The molecule has 0 radical (unpaired) electrons. The van der Waals surface area contributed by atoms with Gasteiger partial charge in [-0.1, -0.05) is 18.2 Å². The van der Waals surface area contributed by atoms with Crippen LogP contribution in [0.5, 0.6) is 0 Å². The van der Waals surface area contributed by atoms with Crippen molar-refractivity contribution in [1.82, 2.24) is 10.2 Å². The number of hydrogen-bond donors (Lipinski definition) is 1. The number of nitrogens with one attached hydrogen (secondary N) is 1. The minimum Gasteiger partial charge on any atom is -0.337 e. The van der Waals surface area contributed by atoms with E-state index >= 15 is 0 Å². The first-order chi connectivity index (χ1) is 11.4. The molecule has 0 unspecified atom stereocenters. The van der Waals surface area contributed by atoms with Crippen molar-refractivity contribution in [2.45, 2.75) is 57.2 Å². The van der Waals surface area contributed by atoms with Crippen LogP contribution >= 0.6 is 0 Å². The zero-order valence-corrected chi connectivity index (χ0v) is 14.3. The van der Waals surface area contributed by atoms with Crippen LogP contribution in [-0.2, 0) is 4.79 Å². The van der Waals surface area contributed by atoms with Gasteiger partial charge in [0.1, 0.15) is 11.4 Å². The van der Waals surface area contributed by atoms with Gasteiger partial charge < -0.3 is 5.32 Å². The first kappa shape index (κ1) is 16.9. The predicted molar refractivity (Wildman–Crippen MR) is 89.4 cm³/mol. The lowest BCUT2D eigenvalue weighted by molar-refractivity contribution is -0.124. The molecule has 0 spiro atoms. The molecule has 0 saturated heterocycles. The Morgan fingerprint density at radius 3 is 2.62 bits per heavy atom. The molecule has 2 atom stereocenters. The lowest BCUT2D eigenvalue weighted by Gasteiger charge is -2.31. The fourth-order valence-electron chi connectivity index (χ4n) is 3.36. The van der Waals surface area contributed by atoms with Gasteiger partial charge in [-0.05, 0) is 51.5 Å². The number of nitriles is 1. The van der Waals surface area contributed by atoms with Crippen LogP contribution in [0.2, 0.25) is 0 Å². The number of carbonyl (C=O) groups is 1. The molecule has 128 valence electrons. The van der Waals surface area contributed by atoms with Crippen LogP contribution in [0.15, 0.2) is 24.3 Å². The van der Waals surface area contributed by atoms with E-state index in [1.165, 1.54) is 6.07 Å². The maximum Gasteiger partial charge on any atom is 0.235 e. The van der Waals surface area contributed by atoms with Crippen molar-refractivity contribution in [3.8, 4) is 6.07 Å². The monoisotopic (exact) mass is 329 g/mol. The first-order valence-electron chi connectivity index (χ1n) is 8.67. The van der Waals surface area contributed by atoms with E-state index in [1.54, 1.807) is 19.1 Å². The fraction of sp³-hybridized carbons (Fsp3) is 0.579. The van der Waals surface area contributed by atoms with Crippen molar-refractivity contribution in [2.24, 2.45) is 5.92 Å². The van der Waals surface area contributed by atoms with Crippen molar-refractivity contribution in [3.05, 3.63) is 35.6 Å². The molecular weight excluding hydrogens is 305 g/mol. The van der Waals surface area contributed by atoms with Crippen LogP contribution in [0.3, 0.4) is 0 Å². The second kappa shape index (κ2) is 6.52. The number of rotatable bonds is 7. The largest absolute Gasteiger partial charge is 0.337 e. The Morgan fingerprint density at radius 2 is 2.08 bits per heavy atom. The van der Waals surface area contributed by atoms with E-state index in [2.05, 4.69) is 16.3 Å². The summed E-state index contributed by atoms with van der Waals surface area (Å²) in [5, 5.41) is 12.3. The third-order valence-electron chi connectivity index (χ3n) is 5.22. The summed E-state index contributed by atoms with van der Waals surface area (Å²) >= 11 is 0. The molecule has 4 nitrogen and oxygen atoms in total. The maximum atomic E-state index is 14.1. The van der Waals surface area contributed by atoms with E-state index in [0.29, 0.717) is 11.6 Å². The topological polar surface area (TPSA) is 56.1 Å². The molecule has 0 bridgehead atoms. The van der Waals surface area contributed by atoms with E-state index in [4.69, 9.17) is 0 Å². The Balaban J connectivity index is 1.69. The molecule has 0 aliphatic heterocycles. The lowest BCUT2D eigenvalue weighted by Crippen LogP contribution is -2.50. The Hall–Kier alpha value is -1.93. The van der Waals surface area contributed by atoms with Crippen molar-refractivity contribution in [3.63, 3.8) is 0 Å². The van der Waals surface area contributed by atoms with Crippen LogP contribution in [-0.4, -0.2) is 28.9 Å². The number of halogens is 1. The average Bonchev–Trinajstić information content (AvgIpc) is 3.44. The van der Waals surface area contributed by atoms with Gasteiger partial charge in [-0.15, -0.1) is 0 Å². The summed E-state index contributed by atoms with van der Waals surface area (Å²) < 4.78 is 14.1. The molecule has 2 aliphatic rings. The molecule has 1 N–H and O–H groups in total. The van der Waals surface area contributed by atoms with Gasteiger partial charge in [0.2, 0.25) is 5.91 Å². The highest BCUT2D eigenvalue weighted by atomic mass is 19.1. The Labute approximate surface area is 142 Å². The fourth-order valence-corrected chi connectivity index (χ4v) is 3.36. The summed E-state index contributed by atoms with van der Waals surface area (Å²) in [6.07, 6.45) is 4.04. The molecule has 0 aromatic heterocycles. The van der Waals surface area contributed by atoms with Gasteiger partial charge in [0.15, 0.2) is 0 Å². The summed E-state index contributed by atoms with van der Waals surface area (Å²) in [4.78, 5) is 14.6. The van der Waals surface area contributed by atoms with Gasteiger partial charge >= 0.3 is 0 Å². The summed E-state index contributed by atoms with van der Waals surface area (Å²) in [5.74, 6) is -0.137. The molecule has 2 aliphatic carbocycles. The molecule has 1 aromatic rings. The second-order valence-electron chi connectivity index (χ2n) is 7.24. The number of benzene rings is 1.